The van der Waals surface area contributed by atoms with Crippen LogP contribution in [0.15, 0.2) is 18.2 Å². The number of aliphatic hydroxyl groups excluding tert-OH is 2. The van der Waals surface area contributed by atoms with Gasteiger partial charge in [0.25, 0.3) is 0 Å². The molecule has 0 aliphatic carbocycles. The molecule has 0 saturated heterocycles. The first kappa shape index (κ1) is 12.0. The Balaban J connectivity index is 3.23. The SMILES string of the molecule is N#CC(O)C(O)c1ccc(N)cc1C(=O)O. The van der Waals surface area contributed by atoms with Crippen molar-refractivity contribution < 1.29 is 20.1 Å². The number of benzene rings is 1. The van der Waals surface area contributed by atoms with Crippen molar-refractivity contribution in [3.05, 3.63) is 29.3 Å². The molecule has 2 atom stereocenters. The Morgan fingerprint density at radius 1 is 1.44 bits per heavy atom. The van der Waals surface area contributed by atoms with Crippen molar-refractivity contribution in [2.75, 3.05) is 5.73 Å². The number of carboxylic acids is 1. The summed E-state index contributed by atoms with van der Waals surface area (Å²) in [5.74, 6) is -1.29. The van der Waals surface area contributed by atoms with Crippen molar-refractivity contribution in [1.82, 2.24) is 0 Å². The van der Waals surface area contributed by atoms with Crippen LogP contribution in [0.4, 0.5) is 5.69 Å². The van der Waals surface area contributed by atoms with E-state index in [0.29, 0.717) is 0 Å². The maximum absolute atomic E-state index is 10.9. The molecule has 0 bridgehead atoms. The maximum atomic E-state index is 10.9. The zero-order valence-corrected chi connectivity index (χ0v) is 8.16. The molecule has 0 amide bonds. The van der Waals surface area contributed by atoms with E-state index in [9.17, 15) is 9.90 Å². The highest BCUT2D eigenvalue weighted by molar-refractivity contribution is 5.90. The lowest BCUT2D eigenvalue weighted by Crippen LogP contribution is -2.19. The van der Waals surface area contributed by atoms with Gasteiger partial charge in [-0.1, -0.05) is 6.07 Å². The number of nitriles is 1. The van der Waals surface area contributed by atoms with Gasteiger partial charge < -0.3 is 21.1 Å². The van der Waals surface area contributed by atoms with Crippen molar-refractivity contribution in [2.45, 2.75) is 12.2 Å². The molecule has 16 heavy (non-hydrogen) atoms. The van der Waals surface area contributed by atoms with Gasteiger partial charge in [-0.15, -0.1) is 0 Å². The van der Waals surface area contributed by atoms with Crippen molar-refractivity contribution >= 4 is 11.7 Å². The number of nitrogens with zero attached hydrogens (tertiary/aromatic N) is 1. The third-order valence-electron chi connectivity index (χ3n) is 2.06. The number of hydrogen-bond donors (Lipinski definition) is 4. The molecule has 2 unspecified atom stereocenters. The van der Waals surface area contributed by atoms with E-state index in [4.69, 9.17) is 21.2 Å². The van der Waals surface area contributed by atoms with Gasteiger partial charge in [0, 0.05) is 5.69 Å². The largest absolute Gasteiger partial charge is 0.478 e. The van der Waals surface area contributed by atoms with Gasteiger partial charge in [0.05, 0.1) is 11.6 Å². The molecule has 84 valence electrons. The molecule has 1 aromatic rings. The van der Waals surface area contributed by atoms with Gasteiger partial charge in [-0.3, -0.25) is 0 Å². The second-order valence-electron chi connectivity index (χ2n) is 3.17. The summed E-state index contributed by atoms with van der Waals surface area (Å²) < 4.78 is 0. The van der Waals surface area contributed by atoms with Crippen LogP contribution in [0.1, 0.15) is 22.0 Å². The van der Waals surface area contributed by atoms with E-state index in [2.05, 4.69) is 0 Å². The van der Waals surface area contributed by atoms with Crippen molar-refractivity contribution in [3.63, 3.8) is 0 Å². The van der Waals surface area contributed by atoms with Crippen molar-refractivity contribution in [2.24, 2.45) is 0 Å². The van der Waals surface area contributed by atoms with Crippen LogP contribution in [0.3, 0.4) is 0 Å². The molecule has 6 heteroatoms. The van der Waals surface area contributed by atoms with Crippen LogP contribution in [-0.4, -0.2) is 27.4 Å². The molecule has 1 rings (SSSR count). The predicted octanol–water partition coefficient (Wildman–Crippen LogP) is -0.115. The molecule has 0 fully saturated rings. The number of nitrogens with two attached hydrogens (primary N) is 1. The summed E-state index contributed by atoms with van der Waals surface area (Å²) in [7, 11) is 0. The minimum Gasteiger partial charge on any atom is -0.478 e. The normalized spacial score (nSPS) is 13.8. The van der Waals surface area contributed by atoms with E-state index < -0.39 is 18.2 Å². The summed E-state index contributed by atoms with van der Waals surface area (Å²) in [4.78, 5) is 10.9. The summed E-state index contributed by atoms with van der Waals surface area (Å²) >= 11 is 0. The fraction of sp³-hybridized carbons (Fsp3) is 0.200. The van der Waals surface area contributed by atoms with Crippen LogP contribution in [0.5, 0.6) is 0 Å². The highest BCUT2D eigenvalue weighted by Gasteiger charge is 2.23. The first-order chi connectivity index (χ1) is 7.47. The number of nitrogen functional groups attached to an aromatic ring is 1. The van der Waals surface area contributed by atoms with Gasteiger partial charge in [0.15, 0.2) is 6.10 Å². The zero-order valence-electron chi connectivity index (χ0n) is 8.16. The Hall–Kier alpha value is -2.10. The van der Waals surface area contributed by atoms with E-state index in [1.807, 2.05) is 0 Å². The Bertz CT molecular complexity index is 453. The first-order valence-electron chi connectivity index (χ1n) is 4.36. The lowest BCUT2D eigenvalue weighted by molar-refractivity contribution is 0.0499. The molecular weight excluding hydrogens is 212 g/mol. The molecule has 0 aliphatic heterocycles. The summed E-state index contributed by atoms with van der Waals surface area (Å²) in [6.07, 6.45) is -3.25. The van der Waals surface area contributed by atoms with Gasteiger partial charge in [-0.25, -0.2) is 4.79 Å². The standard InChI is InChI=1S/C10H10N2O4/c11-4-8(13)9(14)6-2-1-5(12)3-7(6)10(15)16/h1-3,8-9,13-14H,12H2,(H,15,16). The molecule has 0 spiro atoms. The van der Waals surface area contributed by atoms with Crippen LogP contribution < -0.4 is 5.73 Å². The lowest BCUT2D eigenvalue weighted by atomic mass is 9.98. The monoisotopic (exact) mass is 222 g/mol. The zero-order chi connectivity index (χ0) is 12.3. The second kappa shape index (κ2) is 4.61. The number of carbonyl (C=O) groups is 1. The van der Waals surface area contributed by atoms with E-state index in [1.54, 1.807) is 0 Å². The Morgan fingerprint density at radius 2 is 2.06 bits per heavy atom. The number of aromatic carboxylic acids is 1. The molecule has 0 saturated carbocycles. The van der Waals surface area contributed by atoms with Crippen LogP contribution in [0.2, 0.25) is 0 Å². The highest BCUT2D eigenvalue weighted by Crippen LogP contribution is 2.23. The lowest BCUT2D eigenvalue weighted by Gasteiger charge is -2.14. The number of hydrogen-bond acceptors (Lipinski definition) is 5. The minimum absolute atomic E-state index is 0.0456. The number of anilines is 1. The van der Waals surface area contributed by atoms with Crippen molar-refractivity contribution in [3.8, 4) is 6.07 Å². The van der Waals surface area contributed by atoms with Gasteiger partial charge in [0.1, 0.15) is 6.10 Å². The smallest absolute Gasteiger partial charge is 0.336 e. The Morgan fingerprint density at radius 3 is 2.56 bits per heavy atom. The first-order valence-corrected chi connectivity index (χ1v) is 4.36. The molecule has 0 aliphatic rings. The van der Waals surface area contributed by atoms with Gasteiger partial charge in [0.2, 0.25) is 0 Å². The van der Waals surface area contributed by atoms with E-state index in [1.165, 1.54) is 18.2 Å². The molecule has 6 nitrogen and oxygen atoms in total. The quantitative estimate of drug-likeness (QED) is 0.417. The summed E-state index contributed by atoms with van der Waals surface area (Å²) in [6.45, 7) is 0. The molecular formula is C10H10N2O4. The summed E-state index contributed by atoms with van der Waals surface area (Å²) in [5.41, 5.74) is 5.34. The van der Waals surface area contributed by atoms with Crippen LogP contribution >= 0.6 is 0 Å². The van der Waals surface area contributed by atoms with E-state index in [0.717, 1.165) is 6.07 Å². The topological polar surface area (TPSA) is 128 Å². The fourth-order valence-corrected chi connectivity index (χ4v) is 1.26. The maximum Gasteiger partial charge on any atom is 0.336 e. The fourth-order valence-electron chi connectivity index (χ4n) is 1.26. The van der Waals surface area contributed by atoms with Gasteiger partial charge in [-0.2, -0.15) is 5.26 Å². The minimum atomic E-state index is -1.68. The summed E-state index contributed by atoms with van der Waals surface area (Å²) in [6, 6.07) is 5.23. The van der Waals surface area contributed by atoms with Crippen LogP contribution in [-0.2, 0) is 0 Å². The van der Waals surface area contributed by atoms with E-state index in [-0.39, 0.29) is 16.8 Å². The van der Waals surface area contributed by atoms with Crippen molar-refractivity contribution in [1.29, 1.82) is 5.26 Å². The number of rotatable bonds is 3. The van der Waals surface area contributed by atoms with Crippen LogP contribution in [0.25, 0.3) is 0 Å². The molecule has 1 aromatic carbocycles. The second-order valence-corrected chi connectivity index (χ2v) is 3.17. The third-order valence-corrected chi connectivity index (χ3v) is 2.06. The van der Waals surface area contributed by atoms with Gasteiger partial charge in [-0.05, 0) is 17.7 Å². The highest BCUT2D eigenvalue weighted by atomic mass is 16.4. The third kappa shape index (κ3) is 2.28. The van der Waals surface area contributed by atoms with Crippen LogP contribution in [0, 0.1) is 11.3 Å². The Labute approximate surface area is 91.2 Å². The molecule has 0 radical (unpaired) electrons. The summed E-state index contributed by atoms with van der Waals surface area (Å²) in [5, 5.41) is 35.9. The predicted molar refractivity (Wildman–Crippen MR) is 54.4 cm³/mol. The molecule has 5 N–H and O–H groups in total. The van der Waals surface area contributed by atoms with Gasteiger partial charge >= 0.3 is 5.97 Å². The number of aliphatic hydroxyl groups is 2. The average molecular weight is 222 g/mol. The van der Waals surface area contributed by atoms with E-state index >= 15 is 0 Å². The average Bonchev–Trinajstić information content (AvgIpc) is 2.26. The number of carboxylic acid groups (broad SMARTS) is 1. The molecule has 0 aromatic heterocycles. The molecule has 0 heterocycles. The Kier molecular flexibility index (Phi) is 3.45.